The third-order valence-electron chi connectivity index (χ3n) is 7.01. The Kier molecular flexibility index (Phi) is 5.13. The van der Waals surface area contributed by atoms with E-state index in [9.17, 15) is 14.9 Å². The van der Waals surface area contributed by atoms with Crippen molar-refractivity contribution in [2.24, 2.45) is 11.8 Å². The summed E-state index contributed by atoms with van der Waals surface area (Å²) in [4.78, 5) is 26.0. The maximum Gasteiger partial charge on any atom is 0.269 e. The lowest BCUT2D eigenvalue weighted by atomic mass is 9.77. The van der Waals surface area contributed by atoms with E-state index in [2.05, 4.69) is 24.1 Å². The van der Waals surface area contributed by atoms with Gasteiger partial charge in [-0.1, -0.05) is 26.7 Å². The Morgan fingerprint density at radius 2 is 1.79 bits per heavy atom. The van der Waals surface area contributed by atoms with E-state index in [1.54, 1.807) is 12.1 Å². The molecule has 0 bridgehead atoms. The Bertz CT molecular complexity index is 802. The lowest BCUT2D eigenvalue weighted by Gasteiger charge is -2.43. The number of nitro groups is 1. The molecule has 1 aliphatic heterocycles. The van der Waals surface area contributed by atoms with Crippen LogP contribution in [0.3, 0.4) is 0 Å². The summed E-state index contributed by atoms with van der Waals surface area (Å²) >= 11 is 0. The van der Waals surface area contributed by atoms with Gasteiger partial charge in [0.05, 0.1) is 4.92 Å². The van der Waals surface area contributed by atoms with Gasteiger partial charge in [0.1, 0.15) is 6.17 Å². The molecular formula is C22H29N3O3. The summed E-state index contributed by atoms with van der Waals surface area (Å²) in [5, 5.41) is 14.5. The van der Waals surface area contributed by atoms with Crippen LogP contribution < -0.4 is 5.32 Å². The van der Waals surface area contributed by atoms with Crippen LogP contribution in [0.2, 0.25) is 0 Å². The minimum absolute atomic E-state index is 0.0807. The van der Waals surface area contributed by atoms with Gasteiger partial charge >= 0.3 is 0 Å². The molecule has 1 aromatic rings. The van der Waals surface area contributed by atoms with E-state index < -0.39 is 0 Å². The van der Waals surface area contributed by atoms with Crippen molar-refractivity contribution in [1.82, 2.24) is 4.90 Å². The lowest BCUT2D eigenvalue weighted by molar-refractivity contribution is -0.384. The van der Waals surface area contributed by atoms with Crippen LogP contribution in [0.1, 0.15) is 58.8 Å². The van der Waals surface area contributed by atoms with Crippen LogP contribution in [0.25, 0.3) is 0 Å². The highest BCUT2D eigenvalue weighted by atomic mass is 16.6. The van der Waals surface area contributed by atoms with Crippen LogP contribution in [0.5, 0.6) is 0 Å². The first kappa shape index (κ1) is 19.0. The van der Waals surface area contributed by atoms with Gasteiger partial charge in [0.25, 0.3) is 11.6 Å². The van der Waals surface area contributed by atoms with Crippen molar-refractivity contribution in [3.63, 3.8) is 0 Å². The number of amides is 1. The molecule has 0 aromatic heterocycles. The number of benzene rings is 1. The van der Waals surface area contributed by atoms with E-state index >= 15 is 0 Å². The van der Waals surface area contributed by atoms with E-state index in [4.69, 9.17) is 0 Å². The number of carbonyl (C=O) groups is 1. The van der Waals surface area contributed by atoms with Crippen molar-refractivity contribution in [3.8, 4) is 0 Å². The predicted molar refractivity (Wildman–Crippen MR) is 109 cm³/mol. The van der Waals surface area contributed by atoms with Gasteiger partial charge in [-0.25, -0.2) is 0 Å². The molecule has 4 rings (SSSR count). The highest BCUT2D eigenvalue weighted by molar-refractivity contribution is 5.98. The fourth-order valence-electron chi connectivity index (χ4n) is 5.20. The van der Waals surface area contributed by atoms with E-state index in [1.165, 1.54) is 24.1 Å². The zero-order valence-corrected chi connectivity index (χ0v) is 16.7. The average molecular weight is 383 g/mol. The molecule has 150 valence electrons. The zero-order chi connectivity index (χ0) is 19.8. The molecule has 6 heteroatoms. The number of non-ortho nitro benzene ring substituents is 1. The summed E-state index contributed by atoms with van der Waals surface area (Å²) < 4.78 is 0. The van der Waals surface area contributed by atoms with Crippen LogP contribution in [-0.2, 0) is 4.79 Å². The maximum atomic E-state index is 13.4. The van der Waals surface area contributed by atoms with E-state index in [0.29, 0.717) is 11.8 Å². The highest BCUT2D eigenvalue weighted by Gasteiger charge is 2.45. The number of hydrogen-bond donors (Lipinski definition) is 1. The Balaban J connectivity index is 1.64. The molecule has 1 N–H and O–H groups in total. The Morgan fingerprint density at radius 3 is 2.50 bits per heavy atom. The third-order valence-corrected chi connectivity index (χ3v) is 7.01. The molecular weight excluding hydrogens is 354 g/mol. The van der Waals surface area contributed by atoms with Gasteiger partial charge in [0.15, 0.2) is 0 Å². The second kappa shape index (κ2) is 7.57. The first-order valence-electron chi connectivity index (χ1n) is 10.5. The Morgan fingerprint density at radius 1 is 1.07 bits per heavy atom. The van der Waals surface area contributed by atoms with E-state index in [0.717, 1.165) is 49.8 Å². The Hall–Kier alpha value is -2.37. The second-order valence-corrected chi connectivity index (χ2v) is 8.61. The first-order valence-corrected chi connectivity index (χ1v) is 10.5. The number of hydrogen-bond acceptors (Lipinski definition) is 4. The zero-order valence-electron chi connectivity index (χ0n) is 16.7. The van der Waals surface area contributed by atoms with E-state index in [1.807, 2.05) is 0 Å². The van der Waals surface area contributed by atoms with E-state index in [-0.39, 0.29) is 28.7 Å². The lowest BCUT2D eigenvalue weighted by Crippen LogP contribution is -2.52. The van der Waals surface area contributed by atoms with Gasteiger partial charge in [0, 0.05) is 29.4 Å². The molecule has 1 amide bonds. The van der Waals surface area contributed by atoms with Gasteiger partial charge in [-0.2, -0.15) is 0 Å². The topological polar surface area (TPSA) is 75.5 Å². The summed E-state index contributed by atoms with van der Waals surface area (Å²) in [6.45, 7) is 4.57. The fourth-order valence-corrected chi connectivity index (χ4v) is 5.20. The quantitative estimate of drug-likeness (QED) is 0.594. The van der Waals surface area contributed by atoms with Crippen LogP contribution in [-0.4, -0.2) is 27.9 Å². The summed E-state index contributed by atoms with van der Waals surface area (Å²) in [5.41, 5.74) is 3.15. The number of anilines is 1. The molecule has 1 saturated carbocycles. The monoisotopic (exact) mass is 383 g/mol. The molecule has 0 unspecified atom stereocenters. The number of nitrogens with zero attached hydrogens (tertiary/aromatic N) is 2. The fraction of sp³-hybridized carbons (Fsp3) is 0.591. The molecule has 4 atom stereocenters. The second-order valence-electron chi connectivity index (χ2n) is 8.61. The minimum atomic E-state index is -0.387. The van der Waals surface area contributed by atoms with Crippen molar-refractivity contribution in [2.45, 2.75) is 71.0 Å². The Labute approximate surface area is 166 Å². The highest BCUT2D eigenvalue weighted by Crippen LogP contribution is 2.42. The van der Waals surface area contributed by atoms with Gasteiger partial charge in [-0.15, -0.1) is 0 Å². The molecule has 0 saturated heterocycles. The molecule has 1 heterocycles. The molecule has 1 aromatic carbocycles. The van der Waals surface area contributed by atoms with Crippen LogP contribution >= 0.6 is 0 Å². The van der Waals surface area contributed by atoms with Crippen molar-refractivity contribution < 1.29 is 9.72 Å². The van der Waals surface area contributed by atoms with Gasteiger partial charge < -0.3 is 10.2 Å². The third kappa shape index (κ3) is 3.29. The van der Waals surface area contributed by atoms with Crippen molar-refractivity contribution in [1.29, 1.82) is 0 Å². The van der Waals surface area contributed by atoms with Gasteiger partial charge in [-0.05, 0) is 61.6 Å². The maximum absolute atomic E-state index is 13.4. The van der Waals surface area contributed by atoms with Crippen molar-refractivity contribution in [2.75, 3.05) is 5.32 Å². The number of nitrogens with one attached hydrogen (secondary N) is 1. The normalized spacial score (nSPS) is 30.4. The number of nitro benzene ring substituents is 1. The SMILES string of the molecule is C[C@@H]1[C@H](C)CCC[C@@H]1N1C(=O)C2=C(CCCC2)[C@H]1Nc1ccc([N+](=O)[O-])cc1. The van der Waals surface area contributed by atoms with Crippen molar-refractivity contribution in [3.05, 3.63) is 45.5 Å². The molecule has 3 aliphatic rings. The molecule has 2 aliphatic carbocycles. The summed E-state index contributed by atoms with van der Waals surface area (Å²) in [5.74, 6) is 1.30. The number of rotatable bonds is 4. The summed E-state index contributed by atoms with van der Waals surface area (Å²) in [6, 6.07) is 6.78. The first-order chi connectivity index (χ1) is 13.5. The van der Waals surface area contributed by atoms with Crippen LogP contribution in [0.15, 0.2) is 35.4 Å². The number of carbonyl (C=O) groups excluding carboxylic acids is 1. The molecule has 28 heavy (non-hydrogen) atoms. The van der Waals surface area contributed by atoms with Crippen LogP contribution in [0.4, 0.5) is 11.4 Å². The summed E-state index contributed by atoms with van der Waals surface area (Å²) in [6.07, 6.45) is 7.35. The van der Waals surface area contributed by atoms with Crippen molar-refractivity contribution >= 4 is 17.3 Å². The van der Waals surface area contributed by atoms with Gasteiger partial charge in [0.2, 0.25) is 0 Å². The summed E-state index contributed by atoms with van der Waals surface area (Å²) in [7, 11) is 0. The smallest absolute Gasteiger partial charge is 0.269 e. The minimum Gasteiger partial charge on any atom is -0.362 e. The van der Waals surface area contributed by atoms with Gasteiger partial charge in [-0.3, -0.25) is 14.9 Å². The molecule has 1 fully saturated rings. The average Bonchev–Trinajstić information content (AvgIpc) is 2.97. The standard InChI is InChI=1S/C22H29N3O3/c1-14-6-5-9-20(15(14)2)24-21(18-7-3-4-8-19(18)22(24)26)23-16-10-12-17(13-11-16)25(27)28/h10-15,20-21,23H,3-9H2,1-2H3/t14-,15-,20+,21+/m1/s1. The predicted octanol–water partition coefficient (Wildman–Crippen LogP) is 4.87. The largest absolute Gasteiger partial charge is 0.362 e. The van der Waals surface area contributed by atoms with Crippen LogP contribution in [0, 0.1) is 22.0 Å². The molecule has 6 nitrogen and oxygen atoms in total. The molecule has 0 spiro atoms. The molecule has 0 radical (unpaired) electrons.